The molecule has 0 spiro atoms. The number of rotatable bonds is 2. The molecule has 0 N–H and O–H groups in total. The van der Waals surface area contributed by atoms with Crippen LogP contribution in [0.4, 0.5) is 0 Å². The molecule has 0 saturated carbocycles. The molecule has 1 aliphatic heterocycles. The lowest BCUT2D eigenvalue weighted by Crippen LogP contribution is -2.05. The summed E-state index contributed by atoms with van der Waals surface area (Å²) in [6.07, 6.45) is 3.08. The minimum Gasteiger partial charge on any atom is -0.431 e. The zero-order valence-corrected chi connectivity index (χ0v) is 5.80. The molecule has 54 valence electrons. The Morgan fingerprint density at radius 2 is 2.50 bits per heavy atom. The maximum Gasteiger partial charge on any atom is 0.314 e. The molecule has 1 aliphatic rings. The van der Waals surface area contributed by atoms with Gasteiger partial charge in [-0.15, -0.1) is 6.58 Å². The molecule has 1 atom stereocenters. The molecule has 0 aliphatic carbocycles. The van der Waals surface area contributed by atoms with Crippen molar-refractivity contribution in [3.05, 3.63) is 25.0 Å². The van der Waals surface area contributed by atoms with Crippen LogP contribution in [0.2, 0.25) is 0 Å². The van der Waals surface area contributed by atoms with Crippen LogP contribution in [0.5, 0.6) is 0 Å². The van der Waals surface area contributed by atoms with Gasteiger partial charge in [0.2, 0.25) is 0 Å². The summed E-state index contributed by atoms with van der Waals surface area (Å²) in [5.74, 6) is 0.395. The summed E-state index contributed by atoms with van der Waals surface area (Å²) in [5.41, 5.74) is 0. The van der Waals surface area contributed by atoms with Gasteiger partial charge in [-0.2, -0.15) is 0 Å². The number of hydrogen-bond acceptors (Lipinski definition) is 2. The molecule has 1 saturated heterocycles. The lowest BCUT2D eigenvalue weighted by Gasteiger charge is -1.96. The Labute approximate surface area is 60.2 Å². The molecule has 2 nitrogen and oxygen atoms in total. The predicted octanol–water partition coefficient (Wildman–Crippen LogP) is 1.64. The van der Waals surface area contributed by atoms with E-state index in [4.69, 9.17) is 4.74 Å². The van der Waals surface area contributed by atoms with Crippen molar-refractivity contribution in [3.8, 4) is 0 Å². The standard InChI is InChI=1S/C8H10O2/c1-3-4-7-5-6(2)10-8(7)9/h3,7H,1-2,4-5H2. The second kappa shape index (κ2) is 2.69. The van der Waals surface area contributed by atoms with E-state index in [9.17, 15) is 4.79 Å². The fraction of sp³-hybridized carbons (Fsp3) is 0.375. The van der Waals surface area contributed by atoms with Gasteiger partial charge in [0.05, 0.1) is 5.92 Å². The van der Waals surface area contributed by atoms with Gasteiger partial charge in [-0.25, -0.2) is 0 Å². The van der Waals surface area contributed by atoms with Gasteiger partial charge in [-0.05, 0) is 6.42 Å². The summed E-state index contributed by atoms with van der Waals surface area (Å²) < 4.78 is 4.75. The fourth-order valence-electron chi connectivity index (χ4n) is 1.01. The van der Waals surface area contributed by atoms with E-state index < -0.39 is 0 Å². The predicted molar refractivity (Wildman–Crippen MR) is 38.2 cm³/mol. The third-order valence-corrected chi connectivity index (χ3v) is 1.50. The summed E-state index contributed by atoms with van der Waals surface area (Å²) in [5, 5.41) is 0. The number of carbonyl (C=O) groups is 1. The molecule has 1 unspecified atom stereocenters. The first-order chi connectivity index (χ1) is 4.74. The van der Waals surface area contributed by atoms with Gasteiger partial charge in [-0.1, -0.05) is 12.7 Å². The Morgan fingerprint density at radius 1 is 1.80 bits per heavy atom. The number of esters is 1. The zero-order valence-electron chi connectivity index (χ0n) is 5.80. The summed E-state index contributed by atoms with van der Waals surface area (Å²) in [6, 6.07) is 0. The zero-order chi connectivity index (χ0) is 7.56. The summed E-state index contributed by atoms with van der Waals surface area (Å²) in [7, 11) is 0. The van der Waals surface area contributed by atoms with E-state index in [2.05, 4.69) is 13.2 Å². The maximum absolute atomic E-state index is 10.8. The van der Waals surface area contributed by atoms with E-state index in [-0.39, 0.29) is 11.9 Å². The first-order valence-electron chi connectivity index (χ1n) is 3.24. The van der Waals surface area contributed by atoms with Crippen LogP contribution in [0.25, 0.3) is 0 Å². The minimum atomic E-state index is -0.162. The van der Waals surface area contributed by atoms with E-state index in [1.54, 1.807) is 6.08 Å². The van der Waals surface area contributed by atoms with Crippen LogP contribution < -0.4 is 0 Å². The first kappa shape index (κ1) is 7.06. The van der Waals surface area contributed by atoms with Gasteiger partial charge in [0.1, 0.15) is 5.76 Å². The SMILES string of the molecule is C=CCC1CC(=C)OC1=O. The van der Waals surface area contributed by atoms with Crippen LogP contribution >= 0.6 is 0 Å². The number of carbonyl (C=O) groups excluding carboxylic acids is 1. The van der Waals surface area contributed by atoms with Gasteiger partial charge < -0.3 is 4.74 Å². The highest BCUT2D eigenvalue weighted by Crippen LogP contribution is 2.25. The van der Waals surface area contributed by atoms with Gasteiger partial charge in [0.25, 0.3) is 0 Å². The summed E-state index contributed by atoms with van der Waals surface area (Å²) in [6.45, 7) is 7.11. The summed E-state index contributed by atoms with van der Waals surface area (Å²) in [4.78, 5) is 10.8. The molecular formula is C8H10O2. The molecule has 0 bridgehead atoms. The number of ether oxygens (including phenoxy) is 1. The van der Waals surface area contributed by atoms with Gasteiger partial charge >= 0.3 is 5.97 Å². The molecule has 0 aromatic heterocycles. The van der Waals surface area contributed by atoms with E-state index in [1.807, 2.05) is 0 Å². The Hall–Kier alpha value is -1.05. The van der Waals surface area contributed by atoms with Crippen molar-refractivity contribution >= 4 is 5.97 Å². The van der Waals surface area contributed by atoms with Crippen LogP contribution in [-0.4, -0.2) is 5.97 Å². The lowest BCUT2D eigenvalue weighted by molar-refractivity contribution is -0.138. The maximum atomic E-state index is 10.8. The average Bonchev–Trinajstić information content (AvgIpc) is 2.13. The Bertz CT molecular complexity index is 182. The quantitative estimate of drug-likeness (QED) is 0.428. The van der Waals surface area contributed by atoms with Crippen molar-refractivity contribution in [3.63, 3.8) is 0 Å². The topological polar surface area (TPSA) is 26.3 Å². The molecule has 1 heterocycles. The number of hydrogen-bond donors (Lipinski definition) is 0. The van der Waals surface area contributed by atoms with Gasteiger partial charge in [0, 0.05) is 6.42 Å². The smallest absolute Gasteiger partial charge is 0.314 e. The Morgan fingerprint density at radius 3 is 2.90 bits per heavy atom. The number of cyclic esters (lactones) is 1. The van der Waals surface area contributed by atoms with Gasteiger partial charge in [-0.3, -0.25) is 4.79 Å². The van der Waals surface area contributed by atoms with Crippen LogP contribution in [-0.2, 0) is 9.53 Å². The van der Waals surface area contributed by atoms with E-state index >= 15 is 0 Å². The molecule has 0 amide bonds. The van der Waals surface area contributed by atoms with Crippen LogP contribution in [0.3, 0.4) is 0 Å². The van der Waals surface area contributed by atoms with Gasteiger partial charge in [0.15, 0.2) is 0 Å². The average molecular weight is 138 g/mol. The highest BCUT2D eigenvalue weighted by Gasteiger charge is 2.27. The second-order valence-corrected chi connectivity index (χ2v) is 2.39. The highest BCUT2D eigenvalue weighted by atomic mass is 16.5. The van der Waals surface area contributed by atoms with Crippen molar-refractivity contribution in [1.29, 1.82) is 0 Å². The Balaban J connectivity index is 2.54. The van der Waals surface area contributed by atoms with Crippen molar-refractivity contribution in [2.75, 3.05) is 0 Å². The van der Waals surface area contributed by atoms with Crippen molar-refractivity contribution in [1.82, 2.24) is 0 Å². The minimum absolute atomic E-state index is 0.0231. The highest BCUT2D eigenvalue weighted by molar-refractivity contribution is 5.76. The Kier molecular flexibility index (Phi) is 1.90. The van der Waals surface area contributed by atoms with Crippen LogP contribution in [0.1, 0.15) is 12.8 Å². The summed E-state index contributed by atoms with van der Waals surface area (Å²) >= 11 is 0. The van der Waals surface area contributed by atoms with Crippen molar-refractivity contribution in [2.24, 2.45) is 5.92 Å². The lowest BCUT2D eigenvalue weighted by atomic mass is 10.0. The van der Waals surface area contributed by atoms with E-state index in [1.165, 1.54) is 0 Å². The molecule has 0 radical (unpaired) electrons. The monoisotopic (exact) mass is 138 g/mol. The molecule has 2 heteroatoms. The number of allylic oxidation sites excluding steroid dienone is 2. The largest absolute Gasteiger partial charge is 0.431 e. The van der Waals surface area contributed by atoms with Crippen molar-refractivity contribution < 1.29 is 9.53 Å². The molecule has 0 aromatic carbocycles. The van der Waals surface area contributed by atoms with E-state index in [0.29, 0.717) is 18.6 Å². The van der Waals surface area contributed by atoms with Crippen LogP contribution in [0, 0.1) is 5.92 Å². The third-order valence-electron chi connectivity index (χ3n) is 1.50. The second-order valence-electron chi connectivity index (χ2n) is 2.39. The van der Waals surface area contributed by atoms with E-state index in [0.717, 1.165) is 0 Å². The van der Waals surface area contributed by atoms with Crippen LogP contribution in [0.15, 0.2) is 25.0 Å². The normalized spacial score (nSPS) is 24.6. The molecule has 1 rings (SSSR count). The molecule has 0 aromatic rings. The molecule has 10 heavy (non-hydrogen) atoms. The first-order valence-corrected chi connectivity index (χ1v) is 3.24. The molecule has 1 fully saturated rings. The third kappa shape index (κ3) is 1.26. The van der Waals surface area contributed by atoms with Crippen molar-refractivity contribution in [2.45, 2.75) is 12.8 Å². The molecular weight excluding hydrogens is 128 g/mol. The fourth-order valence-corrected chi connectivity index (χ4v) is 1.01.